The van der Waals surface area contributed by atoms with Crippen molar-refractivity contribution in [2.24, 2.45) is 5.92 Å². The molecule has 2 rings (SSSR count). The van der Waals surface area contributed by atoms with Gasteiger partial charge in [-0.05, 0) is 49.8 Å². The molecule has 0 spiro atoms. The molecule has 2 unspecified atom stereocenters. The molecule has 1 saturated heterocycles. The molecule has 1 aromatic rings. The summed E-state index contributed by atoms with van der Waals surface area (Å²) in [6.45, 7) is 0.827. The van der Waals surface area contributed by atoms with Crippen molar-refractivity contribution in [3.05, 3.63) is 34.3 Å². The van der Waals surface area contributed by atoms with E-state index in [1.165, 1.54) is 0 Å². The lowest BCUT2D eigenvalue weighted by Gasteiger charge is -2.15. The molecule has 1 aromatic carbocycles. The van der Waals surface area contributed by atoms with Crippen molar-refractivity contribution in [2.45, 2.75) is 38.2 Å². The van der Waals surface area contributed by atoms with Crippen LogP contribution < -0.4 is 0 Å². The molecule has 0 aromatic heterocycles. The molecule has 104 valence electrons. The van der Waals surface area contributed by atoms with Gasteiger partial charge in [0.15, 0.2) is 0 Å². The molecule has 0 radical (unpaired) electrons. The molecular formula is C15H19BrO3. The van der Waals surface area contributed by atoms with Gasteiger partial charge in [0, 0.05) is 11.1 Å². The lowest BCUT2D eigenvalue weighted by Crippen LogP contribution is -2.19. The predicted octanol–water partition coefficient (Wildman–Crippen LogP) is 3.65. The van der Waals surface area contributed by atoms with Crippen LogP contribution in [0.3, 0.4) is 0 Å². The lowest BCUT2D eigenvalue weighted by atomic mass is 9.93. The van der Waals surface area contributed by atoms with E-state index in [1.807, 2.05) is 24.3 Å². The van der Waals surface area contributed by atoms with Crippen molar-refractivity contribution >= 4 is 21.9 Å². The fourth-order valence-electron chi connectivity index (χ4n) is 2.52. The summed E-state index contributed by atoms with van der Waals surface area (Å²) >= 11 is 3.41. The van der Waals surface area contributed by atoms with Crippen molar-refractivity contribution in [1.29, 1.82) is 0 Å². The first kappa shape index (κ1) is 14.5. The highest BCUT2D eigenvalue weighted by Gasteiger charge is 2.22. The van der Waals surface area contributed by atoms with E-state index in [0.29, 0.717) is 12.8 Å². The van der Waals surface area contributed by atoms with E-state index in [1.54, 1.807) is 0 Å². The molecule has 0 amide bonds. The number of carbonyl (C=O) groups is 1. The molecule has 0 saturated carbocycles. The summed E-state index contributed by atoms with van der Waals surface area (Å²) in [5, 5.41) is 9.33. The van der Waals surface area contributed by atoms with Crippen LogP contribution in [0.4, 0.5) is 0 Å². The highest BCUT2D eigenvalue weighted by Crippen LogP contribution is 2.23. The summed E-state index contributed by atoms with van der Waals surface area (Å²) in [4.78, 5) is 11.3. The van der Waals surface area contributed by atoms with Gasteiger partial charge in [-0.1, -0.05) is 28.1 Å². The summed E-state index contributed by atoms with van der Waals surface area (Å²) in [5.41, 5.74) is 1.06. The molecule has 4 heteroatoms. The first-order valence-corrected chi connectivity index (χ1v) is 7.53. The number of carboxylic acid groups (broad SMARTS) is 1. The van der Waals surface area contributed by atoms with E-state index < -0.39 is 5.97 Å². The fraction of sp³-hybridized carbons (Fsp3) is 0.533. The van der Waals surface area contributed by atoms with Gasteiger partial charge >= 0.3 is 5.97 Å². The summed E-state index contributed by atoms with van der Waals surface area (Å²) in [6.07, 6.45) is 4.57. The van der Waals surface area contributed by atoms with Gasteiger partial charge in [-0.2, -0.15) is 0 Å². The van der Waals surface area contributed by atoms with Crippen molar-refractivity contribution in [2.75, 3.05) is 6.61 Å². The monoisotopic (exact) mass is 326 g/mol. The summed E-state index contributed by atoms with van der Waals surface area (Å²) in [7, 11) is 0. The third kappa shape index (κ3) is 4.62. The fourth-order valence-corrected chi connectivity index (χ4v) is 2.97. The second-order valence-corrected chi connectivity index (χ2v) is 6.00. The van der Waals surface area contributed by atoms with Gasteiger partial charge in [-0.15, -0.1) is 0 Å². The lowest BCUT2D eigenvalue weighted by molar-refractivity contribution is -0.142. The Morgan fingerprint density at radius 2 is 2.37 bits per heavy atom. The smallest absolute Gasteiger partial charge is 0.306 e. The molecule has 1 fully saturated rings. The standard InChI is InChI=1S/C15H19BrO3/c16-13-4-1-3-11(10-13)9-12(15(17)18)6-7-14-5-2-8-19-14/h1,3-4,10,12,14H,2,5-9H2,(H,17,18). The molecule has 1 aliphatic heterocycles. The maximum Gasteiger partial charge on any atom is 0.306 e. The van der Waals surface area contributed by atoms with Gasteiger partial charge in [0.25, 0.3) is 0 Å². The minimum Gasteiger partial charge on any atom is -0.481 e. The van der Waals surface area contributed by atoms with Crippen LogP contribution in [0.15, 0.2) is 28.7 Å². The van der Waals surface area contributed by atoms with Gasteiger partial charge in [0.05, 0.1) is 12.0 Å². The second-order valence-electron chi connectivity index (χ2n) is 5.08. The first-order chi connectivity index (χ1) is 9.15. The molecule has 19 heavy (non-hydrogen) atoms. The molecule has 3 nitrogen and oxygen atoms in total. The largest absolute Gasteiger partial charge is 0.481 e. The third-order valence-corrected chi connectivity index (χ3v) is 4.07. The van der Waals surface area contributed by atoms with Gasteiger partial charge in [0.1, 0.15) is 0 Å². The molecule has 0 aliphatic carbocycles. The number of benzene rings is 1. The van der Waals surface area contributed by atoms with Crippen LogP contribution in [0.25, 0.3) is 0 Å². The van der Waals surface area contributed by atoms with Crippen molar-refractivity contribution < 1.29 is 14.6 Å². The van der Waals surface area contributed by atoms with Crippen molar-refractivity contribution in [3.8, 4) is 0 Å². The minimum absolute atomic E-state index is 0.268. The number of carboxylic acids is 1. The second kappa shape index (κ2) is 7.06. The summed E-state index contributed by atoms with van der Waals surface area (Å²) in [6, 6.07) is 7.86. The normalized spacial score (nSPS) is 20.4. The van der Waals surface area contributed by atoms with Crippen LogP contribution >= 0.6 is 15.9 Å². The van der Waals surface area contributed by atoms with Crippen molar-refractivity contribution in [3.63, 3.8) is 0 Å². The highest BCUT2D eigenvalue weighted by atomic mass is 79.9. The van der Waals surface area contributed by atoms with Gasteiger partial charge in [-0.3, -0.25) is 4.79 Å². The molecule has 1 N–H and O–H groups in total. The number of hydrogen-bond donors (Lipinski definition) is 1. The van der Waals surface area contributed by atoms with Crippen LogP contribution in [-0.4, -0.2) is 23.8 Å². The Kier molecular flexibility index (Phi) is 5.40. The van der Waals surface area contributed by atoms with E-state index in [0.717, 1.165) is 35.9 Å². The van der Waals surface area contributed by atoms with Crippen LogP contribution in [0.1, 0.15) is 31.2 Å². The maximum absolute atomic E-state index is 11.3. The van der Waals surface area contributed by atoms with Gasteiger partial charge in [0.2, 0.25) is 0 Å². The SMILES string of the molecule is O=C(O)C(CCC1CCCO1)Cc1cccc(Br)c1. The predicted molar refractivity (Wildman–Crippen MR) is 77.2 cm³/mol. The summed E-state index contributed by atoms with van der Waals surface area (Å²) < 4.78 is 6.55. The highest BCUT2D eigenvalue weighted by molar-refractivity contribution is 9.10. The van der Waals surface area contributed by atoms with E-state index in [2.05, 4.69) is 15.9 Å². The van der Waals surface area contributed by atoms with Gasteiger partial charge in [-0.25, -0.2) is 0 Å². The average Bonchev–Trinajstić information content (AvgIpc) is 2.87. The Bertz CT molecular complexity index is 427. The first-order valence-electron chi connectivity index (χ1n) is 6.74. The Morgan fingerprint density at radius 1 is 1.53 bits per heavy atom. The van der Waals surface area contributed by atoms with Crippen LogP contribution in [0.2, 0.25) is 0 Å². The molecule has 1 aliphatic rings. The van der Waals surface area contributed by atoms with Crippen LogP contribution in [0, 0.1) is 5.92 Å². The molecular weight excluding hydrogens is 308 g/mol. The Balaban J connectivity index is 1.90. The zero-order valence-electron chi connectivity index (χ0n) is 10.8. The molecule has 2 atom stereocenters. The van der Waals surface area contributed by atoms with E-state index in [-0.39, 0.29) is 12.0 Å². The number of rotatable bonds is 6. The Labute approximate surface area is 122 Å². The topological polar surface area (TPSA) is 46.5 Å². The van der Waals surface area contributed by atoms with Crippen molar-refractivity contribution in [1.82, 2.24) is 0 Å². The quantitative estimate of drug-likeness (QED) is 0.867. The van der Waals surface area contributed by atoms with E-state index in [4.69, 9.17) is 4.74 Å². The Morgan fingerprint density at radius 3 is 3.00 bits per heavy atom. The van der Waals surface area contributed by atoms with Crippen LogP contribution in [0.5, 0.6) is 0 Å². The third-order valence-electron chi connectivity index (χ3n) is 3.58. The molecule has 1 heterocycles. The van der Waals surface area contributed by atoms with Gasteiger partial charge < -0.3 is 9.84 Å². The maximum atomic E-state index is 11.3. The zero-order valence-corrected chi connectivity index (χ0v) is 12.4. The average molecular weight is 327 g/mol. The number of ether oxygens (including phenoxy) is 1. The number of halogens is 1. The molecule has 0 bridgehead atoms. The van der Waals surface area contributed by atoms with E-state index >= 15 is 0 Å². The minimum atomic E-state index is -0.710. The van der Waals surface area contributed by atoms with Crippen LogP contribution in [-0.2, 0) is 16.0 Å². The van der Waals surface area contributed by atoms with E-state index in [9.17, 15) is 9.90 Å². The Hall–Kier alpha value is -0.870. The number of hydrogen-bond acceptors (Lipinski definition) is 2. The summed E-state index contributed by atoms with van der Waals surface area (Å²) in [5.74, 6) is -1.03. The number of aliphatic carboxylic acids is 1. The zero-order chi connectivity index (χ0) is 13.7.